The van der Waals surface area contributed by atoms with Gasteiger partial charge >= 0.3 is 12.4 Å². The number of carbonyl (C=O) groups is 1. The zero-order valence-corrected chi connectivity index (χ0v) is 12.0. The van der Waals surface area contributed by atoms with E-state index in [0.29, 0.717) is 0 Å². The van der Waals surface area contributed by atoms with Crippen molar-refractivity contribution in [3.63, 3.8) is 0 Å². The van der Waals surface area contributed by atoms with Crippen molar-refractivity contribution in [2.75, 3.05) is 6.54 Å². The van der Waals surface area contributed by atoms with Crippen molar-refractivity contribution in [3.8, 4) is 0 Å². The van der Waals surface area contributed by atoms with Crippen molar-refractivity contribution >= 4 is 21.8 Å². The van der Waals surface area contributed by atoms with E-state index in [1.54, 1.807) is 0 Å². The SMILES string of the molecule is O=C(NCCCC(F)(F)F)c1ccc(Br)cc1C(F)(F)F. The maximum Gasteiger partial charge on any atom is 0.417 e. The number of hydrogen-bond acceptors (Lipinski definition) is 1. The standard InChI is InChI=1S/C12H10BrF6NO/c13-7-2-3-8(9(6-7)12(17,18)19)10(21)20-5-1-4-11(14,15)16/h2-3,6H,1,4-5H2,(H,20,21). The number of nitrogens with one attached hydrogen (secondary N) is 1. The molecule has 1 aromatic rings. The van der Waals surface area contributed by atoms with Crippen molar-refractivity contribution in [1.82, 2.24) is 5.32 Å². The maximum absolute atomic E-state index is 12.8. The van der Waals surface area contributed by atoms with E-state index in [4.69, 9.17) is 0 Å². The van der Waals surface area contributed by atoms with E-state index in [2.05, 4.69) is 15.9 Å². The molecule has 0 saturated carbocycles. The molecule has 0 aromatic heterocycles. The molecule has 0 unspecified atom stereocenters. The molecule has 118 valence electrons. The molecular weight excluding hydrogens is 368 g/mol. The number of rotatable bonds is 4. The number of carbonyl (C=O) groups excluding carboxylic acids is 1. The Morgan fingerprint density at radius 2 is 1.76 bits per heavy atom. The lowest BCUT2D eigenvalue weighted by molar-refractivity contribution is -0.138. The zero-order chi connectivity index (χ0) is 16.3. The highest BCUT2D eigenvalue weighted by molar-refractivity contribution is 9.10. The Labute approximate surface area is 124 Å². The first-order valence-electron chi connectivity index (χ1n) is 5.72. The third kappa shape index (κ3) is 5.94. The lowest BCUT2D eigenvalue weighted by Gasteiger charge is -2.13. The Hall–Kier alpha value is -1.25. The van der Waals surface area contributed by atoms with Crippen LogP contribution in [0.2, 0.25) is 0 Å². The van der Waals surface area contributed by atoms with E-state index in [-0.39, 0.29) is 11.0 Å². The van der Waals surface area contributed by atoms with E-state index >= 15 is 0 Å². The Kier molecular flexibility index (Phi) is 5.66. The van der Waals surface area contributed by atoms with Gasteiger partial charge in [0, 0.05) is 17.4 Å². The van der Waals surface area contributed by atoms with Crippen molar-refractivity contribution in [2.24, 2.45) is 0 Å². The third-order valence-electron chi connectivity index (χ3n) is 2.45. The second-order valence-corrected chi connectivity index (χ2v) is 5.08. The molecule has 1 aromatic carbocycles. The second kappa shape index (κ2) is 6.67. The van der Waals surface area contributed by atoms with Crippen molar-refractivity contribution in [3.05, 3.63) is 33.8 Å². The fourth-order valence-electron chi connectivity index (χ4n) is 1.53. The predicted molar refractivity (Wildman–Crippen MR) is 66.8 cm³/mol. The van der Waals surface area contributed by atoms with Gasteiger partial charge in [0.25, 0.3) is 5.91 Å². The van der Waals surface area contributed by atoms with E-state index in [0.717, 1.165) is 12.1 Å². The lowest BCUT2D eigenvalue weighted by atomic mass is 10.1. The molecule has 0 aliphatic carbocycles. The molecule has 0 radical (unpaired) electrons. The summed E-state index contributed by atoms with van der Waals surface area (Å²) in [7, 11) is 0. The summed E-state index contributed by atoms with van der Waals surface area (Å²) in [5, 5.41) is 2.05. The minimum absolute atomic E-state index is 0.142. The van der Waals surface area contributed by atoms with Crippen LogP contribution in [-0.2, 0) is 6.18 Å². The fourth-order valence-corrected chi connectivity index (χ4v) is 1.90. The van der Waals surface area contributed by atoms with E-state index in [1.165, 1.54) is 6.07 Å². The molecule has 0 heterocycles. The summed E-state index contributed by atoms with van der Waals surface area (Å²) >= 11 is 2.87. The smallest absolute Gasteiger partial charge is 0.352 e. The number of alkyl halides is 6. The fraction of sp³-hybridized carbons (Fsp3) is 0.417. The molecule has 0 fully saturated rings. The van der Waals surface area contributed by atoms with Gasteiger partial charge in [0.1, 0.15) is 0 Å². The van der Waals surface area contributed by atoms with Gasteiger partial charge in [-0.1, -0.05) is 15.9 Å². The normalized spacial score (nSPS) is 12.3. The zero-order valence-electron chi connectivity index (χ0n) is 10.4. The summed E-state index contributed by atoms with van der Waals surface area (Å²) in [6, 6.07) is 2.95. The van der Waals surface area contributed by atoms with Crippen LogP contribution in [0.3, 0.4) is 0 Å². The number of amides is 1. The van der Waals surface area contributed by atoms with Gasteiger partial charge < -0.3 is 5.32 Å². The minimum Gasteiger partial charge on any atom is -0.352 e. The molecule has 0 aliphatic rings. The van der Waals surface area contributed by atoms with Crippen LogP contribution < -0.4 is 5.32 Å². The molecule has 1 N–H and O–H groups in total. The minimum atomic E-state index is -4.73. The molecular formula is C12H10BrF6NO. The van der Waals surface area contributed by atoms with Crippen LogP contribution in [0.1, 0.15) is 28.8 Å². The van der Waals surface area contributed by atoms with Gasteiger partial charge in [0.15, 0.2) is 0 Å². The summed E-state index contributed by atoms with van der Waals surface area (Å²) in [5.41, 5.74) is -1.78. The van der Waals surface area contributed by atoms with Crippen LogP contribution in [0.25, 0.3) is 0 Å². The van der Waals surface area contributed by atoms with Crippen LogP contribution in [0, 0.1) is 0 Å². The first-order chi connectivity index (χ1) is 9.50. The summed E-state index contributed by atoms with van der Waals surface area (Å²) < 4.78 is 74.2. The second-order valence-electron chi connectivity index (χ2n) is 4.16. The van der Waals surface area contributed by atoms with E-state index in [9.17, 15) is 31.1 Å². The van der Waals surface area contributed by atoms with Crippen molar-refractivity contribution in [2.45, 2.75) is 25.2 Å². The monoisotopic (exact) mass is 377 g/mol. The Morgan fingerprint density at radius 1 is 1.14 bits per heavy atom. The summed E-state index contributed by atoms with van der Waals surface area (Å²) in [4.78, 5) is 11.6. The molecule has 21 heavy (non-hydrogen) atoms. The van der Waals surface area contributed by atoms with Crippen LogP contribution in [0.4, 0.5) is 26.3 Å². The maximum atomic E-state index is 12.8. The molecule has 0 bridgehead atoms. The van der Waals surface area contributed by atoms with Gasteiger partial charge in [0.2, 0.25) is 0 Å². The van der Waals surface area contributed by atoms with Crippen LogP contribution in [-0.4, -0.2) is 18.6 Å². The van der Waals surface area contributed by atoms with Gasteiger partial charge in [-0.25, -0.2) is 0 Å². The third-order valence-corrected chi connectivity index (χ3v) is 2.95. The quantitative estimate of drug-likeness (QED) is 0.605. The van der Waals surface area contributed by atoms with Crippen LogP contribution >= 0.6 is 15.9 Å². The van der Waals surface area contributed by atoms with Gasteiger partial charge in [0.05, 0.1) is 11.1 Å². The van der Waals surface area contributed by atoms with Crippen molar-refractivity contribution < 1.29 is 31.1 Å². The molecule has 0 saturated heterocycles. The highest BCUT2D eigenvalue weighted by Gasteiger charge is 2.35. The van der Waals surface area contributed by atoms with Crippen LogP contribution in [0.15, 0.2) is 22.7 Å². The summed E-state index contributed by atoms with van der Waals surface area (Å²) in [6.45, 7) is -0.355. The first kappa shape index (κ1) is 17.8. The lowest BCUT2D eigenvalue weighted by Crippen LogP contribution is -2.28. The number of benzene rings is 1. The topological polar surface area (TPSA) is 29.1 Å². The van der Waals surface area contributed by atoms with Crippen LogP contribution in [0.5, 0.6) is 0 Å². The van der Waals surface area contributed by atoms with E-state index < -0.39 is 42.2 Å². The molecule has 2 nitrogen and oxygen atoms in total. The Bertz CT molecular complexity index is 511. The van der Waals surface area contributed by atoms with Crippen molar-refractivity contribution in [1.29, 1.82) is 0 Å². The highest BCUT2D eigenvalue weighted by Crippen LogP contribution is 2.33. The summed E-state index contributed by atoms with van der Waals surface area (Å²) in [5.74, 6) is -1.06. The first-order valence-corrected chi connectivity index (χ1v) is 6.52. The molecule has 0 spiro atoms. The van der Waals surface area contributed by atoms with Gasteiger partial charge in [-0.05, 0) is 24.6 Å². The number of hydrogen-bond donors (Lipinski definition) is 1. The van der Waals surface area contributed by atoms with Gasteiger partial charge in [-0.15, -0.1) is 0 Å². The molecule has 1 amide bonds. The highest BCUT2D eigenvalue weighted by atomic mass is 79.9. The van der Waals surface area contributed by atoms with E-state index in [1.807, 2.05) is 5.32 Å². The average molecular weight is 378 g/mol. The number of halogens is 7. The largest absolute Gasteiger partial charge is 0.417 e. The molecule has 0 atom stereocenters. The van der Waals surface area contributed by atoms with Gasteiger partial charge in [-0.2, -0.15) is 26.3 Å². The predicted octanol–water partition coefficient (Wildman–Crippen LogP) is 4.54. The molecule has 1 rings (SSSR count). The van der Waals surface area contributed by atoms with Gasteiger partial charge in [-0.3, -0.25) is 4.79 Å². The molecule has 0 aliphatic heterocycles. The molecule has 9 heteroatoms. The average Bonchev–Trinajstić information content (AvgIpc) is 2.32. The summed E-state index contributed by atoms with van der Waals surface area (Å²) in [6.07, 6.45) is -10.6. The Morgan fingerprint density at radius 3 is 2.29 bits per heavy atom. The Balaban J connectivity index is 2.75.